The molecule has 0 unspecified atom stereocenters. The number of amides is 1. The first-order valence-electron chi connectivity index (χ1n) is 6.31. The van der Waals surface area contributed by atoms with Crippen molar-refractivity contribution in [3.05, 3.63) is 35.0 Å². The molecule has 1 heterocycles. The van der Waals surface area contributed by atoms with Gasteiger partial charge in [0.2, 0.25) is 0 Å². The van der Waals surface area contributed by atoms with Gasteiger partial charge in [-0.15, -0.1) is 0 Å². The lowest BCUT2D eigenvalue weighted by Crippen LogP contribution is -2.34. The van der Waals surface area contributed by atoms with Crippen LogP contribution in [0, 0.1) is 5.41 Å². The summed E-state index contributed by atoms with van der Waals surface area (Å²) in [5, 5.41) is 12.9. The zero-order chi connectivity index (χ0) is 14.3. The maximum Gasteiger partial charge on any atom is 0.311 e. The van der Waals surface area contributed by atoms with Gasteiger partial charge in [-0.2, -0.15) is 0 Å². The molecule has 104 valence electrons. The molecular weight excluding hydrogens is 280 g/mol. The molecule has 1 fully saturated rings. The summed E-state index contributed by atoms with van der Waals surface area (Å²) >= 11 is 6.17. The van der Waals surface area contributed by atoms with Crippen LogP contribution in [0.25, 0.3) is 10.9 Å². The predicted octanol–water partition coefficient (Wildman–Crippen LogP) is 2.42. The Morgan fingerprint density at radius 1 is 1.35 bits per heavy atom. The van der Waals surface area contributed by atoms with Gasteiger partial charge in [0.05, 0.1) is 10.4 Å². The normalized spacial score (nSPS) is 16.1. The first-order chi connectivity index (χ1) is 9.53. The van der Waals surface area contributed by atoms with E-state index >= 15 is 0 Å². The van der Waals surface area contributed by atoms with Gasteiger partial charge in [-0.3, -0.25) is 9.59 Å². The third kappa shape index (κ3) is 2.04. The second kappa shape index (κ2) is 4.52. The Morgan fingerprint density at radius 2 is 2.05 bits per heavy atom. The van der Waals surface area contributed by atoms with E-state index in [0.29, 0.717) is 17.9 Å². The van der Waals surface area contributed by atoms with Crippen molar-refractivity contribution in [3.8, 4) is 0 Å². The molecule has 3 N–H and O–H groups in total. The van der Waals surface area contributed by atoms with E-state index in [9.17, 15) is 9.59 Å². The Labute approximate surface area is 119 Å². The van der Waals surface area contributed by atoms with Crippen molar-refractivity contribution < 1.29 is 14.7 Å². The Hall–Kier alpha value is -2.01. The molecule has 20 heavy (non-hydrogen) atoms. The van der Waals surface area contributed by atoms with Gasteiger partial charge >= 0.3 is 5.97 Å². The topological polar surface area (TPSA) is 82.2 Å². The Morgan fingerprint density at radius 3 is 2.65 bits per heavy atom. The van der Waals surface area contributed by atoms with Crippen LogP contribution in [0.4, 0.5) is 0 Å². The fourth-order valence-electron chi connectivity index (χ4n) is 2.22. The summed E-state index contributed by atoms with van der Waals surface area (Å²) in [4.78, 5) is 26.1. The lowest BCUT2D eigenvalue weighted by molar-refractivity contribution is -0.143. The molecule has 0 atom stereocenters. The number of H-pyrrole nitrogens is 1. The Kier molecular flexibility index (Phi) is 2.94. The van der Waals surface area contributed by atoms with Gasteiger partial charge in [-0.05, 0) is 18.9 Å². The Bertz CT molecular complexity index is 704. The van der Waals surface area contributed by atoms with Crippen molar-refractivity contribution >= 4 is 34.4 Å². The van der Waals surface area contributed by atoms with E-state index in [1.807, 2.05) is 24.3 Å². The molecule has 0 radical (unpaired) electrons. The zero-order valence-electron chi connectivity index (χ0n) is 10.6. The van der Waals surface area contributed by atoms with Crippen LogP contribution in [0.5, 0.6) is 0 Å². The zero-order valence-corrected chi connectivity index (χ0v) is 11.3. The molecule has 1 aromatic carbocycles. The van der Waals surface area contributed by atoms with Crippen LogP contribution < -0.4 is 5.32 Å². The average Bonchev–Trinajstić information content (AvgIpc) is 3.16. The molecule has 0 spiro atoms. The second-order valence-corrected chi connectivity index (χ2v) is 5.51. The summed E-state index contributed by atoms with van der Waals surface area (Å²) < 4.78 is 0. The number of carbonyl (C=O) groups is 2. The van der Waals surface area contributed by atoms with Crippen LogP contribution in [0.15, 0.2) is 24.3 Å². The van der Waals surface area contributed by atoms with Gasteiger partial charge in [0.1, 0.15) is 5.69 Å². The maximum absolute atomic E-state index is 12.1. The third-order valence-corrected chi connectivity index (χ3v) is 4.16. The van der Waals surface area contributed by atoms with E-state index in [1.165, 1.54) is 0 Å². The molecule has 1 aromatic heterocycles. The number of hydrogen-bond acceptors (Lipinski definition) is 2. The van der Waals surface area contributed by atoms with Gasteiger partial charge in [-0.1, -0.05) is 29.8 Å². The van der Waals surface area contributed by atoms with Crippen LogP contribution in [0.2, 0.25) is 5.02 Å². The van der Waals surface area contributed by atoms with Gasteiger partial charge in [0, 0.05) is 17.4 Å². The lowest BCUT2D eigenvalue weighted by Gasteiger charge is -2.10. The number of aromatic amines is 1. The maximum atomic E-state index is 12.1. The van der Waals surface area contributed by atoms with Crippen LogP contribution >= 0.6 is 11.6 Å². The summed E-state index contributed by atoms with van der Waals surface area (Å²) in [5.74, 6) is -1.24. The number of aliphatic carboxylic acids is 1. The number of aromatic nitrogens is 1. The SMILES string of the molecule is O=C(NCC1(C(=O)O)CC1)c1[nH]c2ccccc2c1Cl. The summed E-state index contributed by atoms with van der Waals surface area (Å²) in [6, 6.07) is 7.34. The van der Waals surface area contributed by atoms with E-state index in [4.69, 9.17) is 16.7 Å². The number of carboxylic acids is 1. The molecule has 1 saturated carbocycles. The lowest BCUT2D eigenvalue weighted by atomic mass is 10.1. The highest BCUT2D eigenvalue weighted by Gasteiger charge is 2.50. The van der Waals surface area contributed by atoms with E-state index in [2.05, 4.69) is 10.3 Å². The van der Waals surface area contributed by atoms with Crippen molar-refractivity contribution in [2.24, 2.45) is 5.41 Å². The summed E-state index contributed by atoms with van der Waals surface area (Å²) in [6.07, 6.45) is 1.20. The number of halogens is 1. The molecule has 6 heteroatoms. The fourth-order valence-corrected chi connectivity index (χ4v) is 2.52. The quantitative estimate of drug-likeness (QED) is 0.809. The molecular formula is C14H13ClN2O3. The predicted molar refractivity (Wildman–Crippen MR) is 74.9 cm³/mol. The molecule has 3 rings (SSSR count). The molecule has 0 aliphatic heterocycles. The average molecular weight is 293 g/mol. The van der Waals surface area contributed by atoms with E-state index in [-0.39, 0.29) is 18.1 Å². The molecule has 1 aliphatic rings. The van der Waals surface area contributed by atoms with Gasteiger partial charge in [0.25, 0.3) is 5.91 Å². The standard InChI is InChI=1S/C14H13ClN2O3/c15-10-8-3-1-2-4-9(8)17-11(10)12(18)16-7-14(5-6-14)13(19)20/h1-4,17H,5-7H2,(H,16,18)(H,19,20). The van der Waals surface area contributed by atoms with Crippen molar-refractivity contribution in [2.75, 3.05) is 6.54 Å². The van der Waals surface area contributed by atoms with E-state index in [0.717, 1.165) is 10.9 Å². The first-order valence-corrected chi connectivity index (χ1v) is 6.69. The van der Waals surface area contributed by atoms with Crippen molar-refractivity contribution in [1.29, 1.82) is 0 Å². The second-order valence-electron chi connectivity index (χ2n) is 5.13. The van der Waals surface area contributed by atoms with E-state index < -0.39 is 11.4 Å². The van der Waals surface area contributed by atoms with Crippen molar-refractivity contribution in [3.63, 3.8) is 0 Å². The number of para-hydroxylation sites is 1. The van der Waals surface area contributed by atoms with Crippen molar-refractivity contribution in [1.82, 2.24) is 10.3 Å². The van der Waals surface area contributed by atoms with Gasteiger partial charge < -0.3 is 15.4 Å². The van der Waals surface area contributed by atoms with Gasteiger partial charge in [-0.25, -0.2) is 0 Å². The van der Waals surface area contributed by atoms with E-state index in [1.54, 1.807) is 0 Å². The molecule has 5 nitrogen and oxygen atoms in total. The number of rotatable bonds is 4. The van der Waals surface area contributed by atoms with Crippen LogP contribution in [-0.4, -0.2) is 28.5 Å². The minimum absolute atomic E-state index is 0.132. The Balaban J connectivity index is 1.79. The summed E-state index contributed by atoms with van der Waals surface area (Å²) in [5.41, 5.74) is 0.268. The largest absolute Gasteiger partial charge is 0.481 e. The number of hydrogen-bond donors (Lipinski definition) is 3. The highest BCUT2D eigenvalue weighted by molar-refractivity contribution is 6.38. The minimum atomic E-state index is -0.861. The first kappa shape index (κ1) is 13.0. The highest BCUT2D eigenvalue weighted by atomic mass is 35.5. The number of nitrogens with one attached hydrogen (secondary N) is 2. The highest BCUT2D eigenvalue weighted by Crippen LogP contribution is 2.45. The smallest absolute Gasteiger partial charge is 0.311 e. The monoisotopic (exact) mass is 292 g/mol. The molecule has 1 aliphatic carbocycles. The van der Waals surface area contributed by atoms with Crippen LogP contribution in [0.3, 0.4) is 0 Å². The number of carbonyl (C=O) groups excluding carboxylic acids is 1. The number of carboxylic acid groups (broad SMARTS) is 1. The number of benzene rings is 1. The summed E-state index contributed by atoms with van der Waals surface area (Å²) in [7, 11) is 0. The summed E-state index contributed by atoms with van der Waals surface area (Å²) in [6.45, 7) is 0.132. The molecule has 0 saturated heterocycles. The molecule has 0 bridgehead atoms. The fraction of sp³-hybridized carbons (Fsp3) is 0.286. The molecule has 1 amide bonds. The van der Waals surface area contributed by atoms with Crippen LogP contribution in [0.1, 0.15) is 23.3 Å². The van der Waals surface area contributed by atoms with Crippen molar-refractivity contribution in [2.45, 2.75) is 12.8 Å². The molecule has 2 aromatic rings. The third-order valence-electron chi connectivity index (χ3n) is 3.76. The van der Waals surface area contributed by atoms with Crippen LogP contribution in [-0.2, 0) is 4.79 Å². The van der Waals surface area contributed by atoms with Gasteiger partial charge in [0.15, 0.2) is 0 Å². The minimum Gasteiger partial charge on any atom is -0.481 e. The number of fused-ring (bicyclic) bond motifs is 1.